The molecule has 2 rings (SSSR count). The summed E-state index contributed by atoms with van der Waals surface area (Å²) in [6.07, 6.45) is 0.187. The molecule has 0 aromatic carbocycles. The number of aromatic nitrogens is 1. The predicted octanol–water partition coefficient (Wildman–Crippen LogP) is -1.06. The molecular formula is C11H14N2O6S. The summed E-state index contributed by atoms with van der Waals surface area (Å²) in [5.41, 5.74) is -0.390. The summed E-state index contributed by atoms with van der Waals surface area (Å²) < 4.78 is 35.5. The zero-order chi connectivity index (χ0) is 14.8. The van der Waals surface area contributed by atoms with Crippen molar-refractivity contribution in [3.8, 4) is 0 Å². The van der Waals surface area contributed by atoms with Gasteiger partial charge in [-0.05, 0) is 6.07 Å². The number of esters is 1. The Morgan fingerprint density at radius 1 is 1.50 bits per heavy atom. The highest BCUT2D eigenvalue weighted by Crippen LogP contribution is 2.17. The van der Waals surface area contributed by atoms with Crippen molar-refractivity contribution in [3.63, 3.8) is 0 Å². The highest BCUT2D eigenvalue weighted by Gasteiger charge is 2.34. The molecule has 1 N–H and O–H groups in total. The molecule has 0 bridgehead atoms. The molecule has 1 aliphatic rings. The lowest BCUT2D eigenvalue weighted by Gasteiger charge is -2.30. The minimum absolute atomic E-state index is 0.0392. The summed E-state index contributed by atoms with van der Waals surface area (Å²) in [6, 6.07) is 2.35. The van der Waals surface area contributed by atoms with Gasteiger partial charge in [0.1, 0.15) is 0 Å². The number of aromatic amines is 1. The van der Waals surface area contributed by atoms with E-state index in [1.54, 1.807) is 0 Å². The maximum atomic E-state index is 12.4. The van der Waals surface area contributed by atoms with Crippen LogP contribution < -0.4 is 5.56 Å². The van der Waals surface area contributed by atoms with Crippen LogP contribution in [0.4, 0.5) is 0 Å². The first-order valence-corrected chi connectivity index (χ1v) is 7.27. The smallest absolute Gasteiger partial charge is 0.336 e. The fourth-order valence-corrected chi connectivity index (χ4v) is 3.22. The van der Waals surface area contributed by atoms with Crippen molar-refractivity contribution in [1.82, 2.24) is 9.29 Å². The second-order valence-corrected chi connectivity index (χ2v) is 6.07. The monoisotopic (exact) mass is 302 g/mol. The van der Waals surface area contributed by atoms with Gasteiger partial charge in [-0.25, -0.2) is 13.2 Å². The normalized spacial score (nSPS) is 20.6. The molecule has 0 spiro atoms. The van der Waals surface area contributed by atoms with E-state index in [-0.39, 0.29) is 24.6 Å². The molecule has 0 amide bonds. The average molecular weight is 302 g/mol. The van der Waals surface area contributed by atoms with Gasteiger partial charge in [-0.1, -0.05) is 0 Å². The summed E-state index contributed by atoms with van der Waals surface area (Å²) in [6.45, 7) is 0.117. The first-order chi connectivity index (χ1) is 9.45. The van der Waals surface area contributed by atoms with Gasteiger partial charge >= 0.3 is 5.97 Å². The number of H-pyrrole nitrogens is 1. The Labute approximate surface area is 115 Å². The van der Waals surface area contributed by atoms with Crippen molar-refractivity contribution in [2.24, 2.45) is 0 Å². The van der Waals surface area contributed by atoms with Crippen LogP contribution in [-0.4, -0.2) is 56.6 Å². The average Bonchev–Trinajstić information content (AvgIpc) is 2.47. The number of carbonyl (C=O) groups is 1. The van der Waals surface area contributed by atoms with Gasteiger partial charge in [0.15, 0.2) is 6.10 Å². The third-order valence-corrected chi connectivity index (χ3v) is 4.75. The second kappa shape index (κ2) is 5.73. The molecule has 1 unspecified atom stereocenters. The van der Waals surface area contributed by atoms with E-state index in [0.29, 0.717) is 0 Å². The quantitative estimate of drug-likeness (QED) is 0.713. The highest BCUT2D eigenvalue weighted by molar-refractivity contribution is 7.89. The summed E-state index contributed by atoms with van der Waals surface area (Å²) in [7, 11) is -2.57. The topological polar surface area (TPSA) is 106 Å². The van der Waals surface area contributed by atoms with E-state index in [2.05, 4.69) is 9.72 Å². The van der Waals surface area contributed by atoms with Crippen molar-refractivity contribution in [2.75, 3.05) is 26.8 Å². The lowest BCUT2D eigenvalue weighted by atomic mass is 10.3. The summed E-state index contributed by atoms with van der Waals surface area (Å²) in [5, 5.41) is 0. The molecule has 110 valence electrons. The lowest BCUT2D eigenvalue weighted by molar-refractivity contribution is -0.157. The zero-order valence-corrected chi connectivity index (χ0v) is 11.6. The first-order valence-electron chi connectivity index (χ1n) is 5.83. The SMILES string of the molecule is COC(=O)C1CN(S(=O)(=O)c2ccc(=O)[nH]c2)CCO1. The molecule has 1 atom stereocenters. The van der Waals surface area contributed by atoms with Crippen molar-refractivity contribution < 1.29 is 22.7 Å². The fourth-order valence-electron chi connectivity index (χ4n) is 1.82. The summed E-state index contributed by atoms with van der Waals surface area (Å²) in [4.78, 5) is 24.6. The zero-order valence-electron chi connectivity index (χ0n) is 10.7. The number of carbonyl (C=O) groups excluding carboxylic acids is 1. The van der Waals surface area contributed by atoms with E-state index in [0.717, 1.165) is 16.6 Å². The molecule has 8 nitrogen and oxygen atoms in total. The van der Waals surface area contributed by atoms with Crippen molar-refractivity contribution >= 4 is 16.0 Å². The van der Waals surface area contributed by atoms with Crippen molar-refractivity contribution in [1.29, 1.82) is 0 Å². The molecule has 9 heteroatoms. The number of morpholine rings is 1. The van der Waals surface area contributed by atoms with E-state index in [1.807, 2.05) is 0 Å². The maximum Gasteiger partial charge on any atom is 0.336 e. The van der Waals surface area contributed by atoms with Crippen LogP contribution in [0.2, 0.25) is 0 Å². The van der Waals surface area contributed by atoms with Gasteiger partial charge in [0.05, 0.1) is 25.2 Å². The van der Waals surface area contributed by atoms with Crippen LogP contribution in [0.5, 0.6) is 0 Å². The van der Waals surface area contributed by atoms with Gasteiger partial charge in [0.2, 0.25) is 15.6 Å². The molecule has 1 aromatic heterocycles. The lowest BCUT2D eigenvalue weighted by Crippen LogP contribution is -2.48. The van der Waals surface area contributed by atoms with Gasteiger partial charge in [-0.15, -0.1) is 0 Å². The Hall–Kier alpha value is -1.71. The van der Waals surface area contributed by atoms with Crippen LogP contribution in [0.3, 0.4) is 0 Å². The summed E-state index contributed by atoms with van der Waals surface area (Å²) in [5.74, 6) is -0.619. The number of nitrogens with zero attached hydrogens (tertiary/aromatic N) is 1. The number of methoxy groups -OCH3 is 1. The Balaban J connectivity index is 2.23. The molecular weight excluding hydrogens is 288 g/mol. The molecule has 0 aliphatic carbocycles. The number of pyridine rings is 1. The molecule has 1 aromatic rings. The number of hydrogen-bond donors (Lipinski definition) is 1. The predicted molar refractivity (Wildman–Crippen MR) is 67.6 cm³/mol. The van der Waals surface area contributed by atoms with Crippen LogP contribution >= 0.6 is 0 Å². The number of sulfonamides is 1. The number of nitrogens with one attached hydrogen (secondary N) is 1. The van der Waals surface area contributed by atoms with Gasteiger partial charge in [0.25, 0.3) is 0 Å². The van der Waals surface area contributed by atoms with E-state index >= 15 is 0 Å². The third kappa shape index (κ3) is 2.89. The molecule has 2 heterocycles. The number of hydrogen-bond acceptors (Lipinski definition) is 6. The standard InChI is InChI=1S/C11H14N2O6S/c1-18-11(15)9-7-13(4-5-19-9)20(16,17)8-2-3-10(14)12-6-8/h2-3,6,9H,4-5,7H2,1H3,(H,12,14). The van der Waals surface area contributed by atoms with Crippen LogP contribution in [-0.2, 0) is 24.3 Å². The van der Waals surface area contributed by atoms with E-state index < -0.39 is 27.7 Å². The van der Waals surface area contributed by atoms with Gasteiger partial charge in [-0.3, -0.25) is 4.79 Å². The second-order valence-electron chi connectivity index (χ2n) is 4.13. The van der Waals surface area contributed by atoms with Crippen LogP contribution in [0.25, 0.3) is 0 Å². The number of ether oxygens (including phenoxy) is 2. The van der Waals surface area contributed by atoms with Crippen molar-refractivity contribution in [3.05, 3.63) is 28.7 Å². The van der Waals surface area contributed by atoms with Gasteiger partial charge in [-0.2, -0.15) is 4.31 Å². The Morgan fingerprint density at radius 3 is 2.85 bits per heavy atom. The molecule has 0 saturated carbocycles. The minimum atomic E-state index is -3.78. The number of rotatable bonds is 3. The maximum absolute atomic E-state index is 12.4. The van der Waals surface area contributed by atoms with Crippen LogP contribution in [0.15, 0.2) is 28.0 Å². The third-order valence-electron chi connectivity index (χ3n) is 2.89. The first kappa shape index (κ1) is 14.7. The summed E-state index contributed by atoms with van der Waals surface area (Å²) >= 11 is 0. The molecule has 1 fully saturated rings. The molecule has 1 aliphatic heterocycles. The van der Waals surface area contributed by atoms with Crippen molar-refractivity contribution in [2.45, 2.75) is 11.0 Å². The van der Waals surface area contributed by atoms with Gasteiger partial charge in [0, 0.05) is 18.8 Å². The van der Waals surface area contributed by atoms with Crippen LogP contribution in [0.1, 0.15) is 0 Å². The van der Waals surface area contributed by atoms with Gasteiger partial charge < -0.3 is 14.5 Å². The molecule has 0 radical (unpaired) electrons. The molecule has 20 heavy (non-hydrogen) atoms. The fraction of sp³-hybridized carbons (Fsp3) is 0.455. The Morgan fingerprint density at radius 2 is 2.25 bits per heavy atom. The Bertz CT molecular complexity index is 633. The Kier molecular flexibility index (Phi) is 4.21. The molecule has 1 saturated heterocycles. The van der Waals surface area contributed by atoms with Crippen LogP contribution in [0, 0.1) is 0 Å². The highest BCUT2D eigenvalue weighted by atomic mass is 32.2. The largest absolute Gasteiger partial charge is 0.467 e. The minimum Gasteiger partial charge on any atom is -0.467 e. The van der Waals surface area contributed by atoms with E-state index in [9.17, 15) is 18.0 Å². The van der Waals surface area contributed by atoms with E-state index in [1.165, 1.54) is 13.2 Å². The van der Waals surface area contributed by atoms with E-state index in [4.69, 9.17) is 4.74 Å².